The molecule has 1 aromatic heterocycles. The van der Waals surface area contributed by atoms with Crippen LogP contribution in [0.1, 0.15) is 71.3 Å². The maximum absolute atomic E-state index is 13.3. The Morgan fingerprint density at radius 2 is 1.68 bits per heavy atom. The van der Waals surface area contributed by atoms with Crippen LogP contribution in [0, 0.1) is 12.3 Å². The molecule has 0 unspecified atom stereocenters. The zero-order valence-corrected chi connectivity index (χ0v) is 24.4. The van der Waals surface area contributed by atoms with E-state index in [2.05, 4.69) is 11.0 Å². The highest BCUT2D eigenvalue weighted by Gasteiger charge is 2.31. The number of aromatic nitrogens is 3. The van der Waals surface area contributed by atoms with E-state index in [-0.39, 0.29) is 23.5 Å². The maximum Gasteiger partial charge on any atom is 0.349 e. The van der Waals surface area contributed by atoms with Crippen molar-refractivity contribution < 1.29 is 14.3 Å². The number of ether oxygens (including phenoxy) is 2. The zero-order chi connectivity index (χ0) is 29.7. The number of hydrogen-bond donors (Lipinski definition) is 0. The second-order valence-electron chi connectivity index (χ2n) is 10.5. The monoisotopic (exact) mass is 559 g/mol. The van der Waals surface area contributed by atoms with Crippen molar-refractivity contribution in [2.45, 2.75) is 90.8 Å². The van der Waals surface area contributed by atoms with Crippen LogP contribution in [0.5, 0.6) is 5.75 Å². The van der Waals surface area contributed by atoms with Crippen LogP contribution in [-0.2, 0) is 29.0 Å². The molecule has 0 N–H and O–H groups in total. The summed E-state index contributed by atoms with van der Waals surface area (Å²) >= 11 is 0. The van der Waals surface area contributed by atoms with Crippen LogP contribution < -0.4 is 16.0 Å². The fourth-order valence-electron chi connectivity index (χ4n) is 4.53. The van der Waals surface area contributed by atoms with Crippen molar-refractivity contribution in [1.29, 1.82) is 0 Å². The summed E-state index contributed by atoms with van der Waals surface area (Å²) in [5.41, 5.74) is 0.160. The van der Waals surface area contributed by atoms with Gasteiger partial charge in [-0.2, -0.15) is 5.10 Å². The Kier molecular flexibility index (Phi) is 12.0. The number of rotatable bonds is 16. The summed E-state index contributed by atoms with van der Waals surface area (Å²) in [4.78, 5) is 38.8. The lowest BCUT2D eigenvalue weighted by Gasteiger charge is -2.24. The molecule has 0 aliphatic carbocycles. The van der Waals surface area contributed by atoms with Crippen molar-refractivity contribution in [2.24, 2.45) is 0 Å². The molecule has 0 radical (unpaired) electrons. The molecule has 2 aromatic carbocycles. The number of hydrogen-bond acceptors (Lipinski definition) is 6. The molecular formula is C33H41N3O5. The molecule has 8 heteroatoms. The lowest BCUT2D eigenvalue weighted by molar-refractivity contribution is -0.158. The summed E-state index contributed by atoms with van der Waals surface area (Å²) < 4.78 is 13.8. The zero-order valence-electron chi connectivity index (χ0n) is 24.4. The van der Waals surface area contributed by atoms with E-state index in [0.717, 1.165) is 50.5 Å². The summed E-state index contributed by atoms with van der Waals surface area (Å²) in [7, 11) is 0. The van der Waals surface area contributed by atoms with Crippen molar-refractivity contribution in [3.8, 4) is 29.4 Å². The summed E-state index contributed by atoms with van der Waals surface area (Å²) in [5, 5.41) is 4.47. The molecule has 0 atom stereocenters. The first-order valence-corrected chi connectivity index (χ1v) is 14.4. The summed E-state index contributed by atoms with van der Waals surface area (Å²) in [6.45, 7) is 6.16. The number of unbranched alkanes of at least 4 members (excludes halogenated alkanes) is 5. The molecule has 218 valence electrons. The first kappa shape index (κ1) is 31.4. The second-order valence-corrected chi connectivity index (χ2v) is 10.5. The third kappa shape index (κ3) is 9.21. The summed E-state index contributed by atoms with van der Waals surface area (Å²) in [6.07, 6.45) is 11.9. The molecule has 0 saturated carbocycles. The van der Waals surface area contributed by atoms with E-state index in [9.17, 15) is 14.4 Å². The van der Waals surface area contributed by atoms with Gasteiger partial charge in [0.05, 0.1) is 6.61 Å². The lowest BCUT2D eigenvalue weighted by Crippen LogP contribution is -2.42. The third-order valence-corrected chi connectivity index (χ3v) is 6.74. The largest absolute Gasteiger partial charge is 0.476 e. The van der Waals surface area contributed by atoms with Crippen molar-refractivity contribution in [3.63, 3.8) is 0 Å². The Bertz CT molecular complexity index is 1430. The van der Waals surface area contributed by atoms with E-state index < -0.39 is 11.6 Å². The minimum absolute atomic E-state index is 0.284. The molecule has 0 fully saturated rings. The van der Waals surface area contributed by atoms with Crippen LogP contribution in [0.25, 0.3) is 11.3 Å². The molecule has 0 bridgehead atoms. The summed E-state index contributed by atoms with van der Waals surface area (Å²) in [6, 6.07) is 16.9. The number of nitrogens with zero attached hydrogens (tertiary/aromatic N) is 3. The molecule has 3 rings (SSSR count). The first-order chi connectivity index (χ1) is 19.8. The topological polar surface area (TPSA) is 92.4 Å². The predicted molar refractivity (Wildman–Crippen MR) is 161 cm³/mol. The molecule has 1 heterocycles. The average Bonchev–Trinajstić information content (AvgIpc) is 2.96. The van der Waals surface area contributed by atoms with Crippen LogP contribution in [0.2, 0.25) is 0 Å². The van der Waals surface area contributed by atoms with Gasteiger partial charge in [0.2, 0.25) is 0 Å². The number of benzene rings is 2. The smallest absolute Gasteiger partial charge is 0.349 e. The Morgan fingerprint density at radius 3 is 2.41 bits per heavy atom. The van der Waals surface area contributed by atoms with Gasteiger partial charge in [-0.05, 0) is 70.6 Å². The fourth-order valence-corrected chi connectivity index (χ4v) is 4.53. The van der Waals surface area contributed by atoms with Gasteiger partial charge in [-0.3, -0.25) is 9.36 Å². The Hall–Kier alpha value is -4.12. The van der Waals surface area contributed by atoms with Gasteiger partial charge in [-0.1, -0.05) is 55.3 Å². The molecular weight excluding hydrogens is 518 g/mol. The van der Waals surface area contributed by atoms with Crippen molar-refractivity contribution in [1.82, 2.24) is 14.3 Å². The van der Waals surface area contributed by atoms with Gasteiger partial charge in [-0.25, -0.2) is 14.3 Å². The molecule has 0 amide bonds. The van der Waals surface area contributed by atoms with E-state index in [1.54, 1.807) is 20.8 Å². The van der Waals surface area contributed by atoms with E-state index in [1.807, 2.05) is 54.6 Å². The Labute approximate surface area is 242 Å². The second kappa shape index (κ2) is 15.6. The molecule has 3 aromatic rings. The highest BCUT2D eigenvalue weighted by molar-refractivity contribution is 5.79. The number of carbonyl (C=O) groups excluding carboxylic acids is 1. The number of esters is 1. The maximum atomic E-state index is 13.3. The predicted octanol–water partition coefficient (Wildman–Crippen LogP) is 5.40. The van der Waals surface area contributed by atoms with Crippen LogP contribution in [-0.4, -0.2) is 32.5 Å². The number of terminal acetylenes is 1. The third-order valence-electron chi connectivity index (χ3n) is 6.74. The first-order valence-electron chi connectivity index (χ1n) is 14.4. The molecule has 0 saturated heterocycles. The molecule has 0 aliphatic rings. The number of carbonyl (C=O) groups is 1. The van der Waals surface area contributed by atoms with E-state index in [0.29, 0.717) is 30.8 Å². The van der Waals surface area contributed by atoms with Gasteiger partial charge in [0.25, 0.3) is 5.56 Å². The molecule has 8 nitrogen and oxygen atoms in total. The van der Waals surface area contributed by atoms with Gasteiger partial charge in [-0.15, -0.1) is 12.3 Å². The Balaban J connectivity index is 1.69. The van der Waals surface area contributed by atoms with Crippen molar-refractivity contribution in [3.05, 3.63) is 81.0 Å². The molecule has 0 spiro atoms. The normalized spacial score (nSPS) is 11.2. The van der Waals surface area contributed by atoms with Gasteiger partial charge < -0.3 is 9.47 Å². The molecule has 0 aliphatic heterocycles. The number of aryl methyl sites for hydroxylation is 2. The summed E-state index contributed by atoms with van der Waals surface area (Å²) in [5.74, 6) is 2.82. The minimum atomic E-state index is -1.10. The van der Waals surface area contributed by atoms with Gasteiger partial charge in [0.1, 0.15) is 5.75 Å². The van der Waals surface area contributed by atoms with Gasteiger partial charge in [0.15, 0.2) is 11.3 Å². The van der Waals surface area contributed by atoms with Crippen LogP contribution in [0.15, 0.2) is 64.2 Å². The Morgan fingerprint density at radius 1 is 0.951 bits per heavy atom. The van der Waals surface area contributed by atoms with E-state index in [4.69, 9.17) is 15.9 Å². The SMILES string of the molecule is C#CCCCCCCn1nc(-c2ccccc2)c(=O)n(CCCCc2cccc(OC(C)(C)C(=O)OCC)c2)c1=O. The van der Waals surface area contributed by atoms with Gasteiger partial charge in [0, 0.05) is 25.1 Å². The van der Waals surface area contributed by atoms with Crippen LogP contribution in [0.4, 0.5) is 0 Å². The fraction of sp³-hybridized carbons (Fsp3) is 0.455. The van der Waals surface area contributed by atoms with Crippen molar-refractivity contribution >= 4 is 5.97 Å². The molecule has 41 heavy (non-hydrogen) atoms. The van der Waals surface area contributed by atoms with E-state index >= 15 is 0 Å². The van der Waals surface area contributed by atoms with Crippen LogP contribution >= 0.6 is 0 Å². The minimum Gasteiger partial charge on any atom is -0.476 e. The van der Waals surface area contributed by atoms with Crippen LogP contribution in [0.3, 0.4) is 0 Å². The average molecular weight is 560 g/mol. The highest BCUT2D eigenvalue weighted by Crippen LogP contribution is 2.22. The lowest BCUT2D eigenvalue weighted by atomic mass is 10.1. The quantitative estimate of drug-likeness (QED) is 0.133. The highest BCUT2D eigenvalue weighted by atomic mass is 16.6. The van der Waals surface area contributed by atoms with E-state index in [1.165, 1.54) is 9.25 Å². The van der Waals surface area contributed by atoms with Crippen molar-refractivity contribution in [2.75, 3.05) is 6.61 Å². The standard InChI is InChI=1S/C33H41N3O5/c1-5-7-8-9-10-15-24-36-32(39)35(30(37)29(34-36)27-20-12-11-13-21-27)23-16-14-18-26-19-17-22-28(25-26)41-33(3,4)31(38)40-6-2/h1,11-13,17,19-22,25H,6-10,14-16,18,23-24H2,2-4H3. The van der Waals surface area contributed by atoms with Gasteiger partial charge >= 0.3 is 11.7 Å².